The number of aromatic nitrogens is 2. The standard InChI is InChI=1S/2C12H12N2O.Zn/c2*15-12-6-2-1-4-10(12)8-13-9-11-5-3-7-14-11;/h2*1-8,14-15H,9H2;/q;;+2/p-2. The fourth-order valence-electron chi connectivity index (χ4n) is 2.59. The Labute approximate surface area is 194 Å². The molecule has 2 heterocycles. The molecule has 4 rings (SSSR count). The number of rotatable bonds is 6. The van der Waals surface area contributed by atoms with E-state index in [1.165, 1.54) is 12.1 Å². The first-order valence-electron chi connectivity index (χ1n) is 9.48. The van der Waals surface area contributed by atoms with E-state index < -0.39 is 0 Å². The van der Waals surface area contributed by atoms with Crippen molar-refractivity contribution in [3.8, 4) is 11.5 Å². The van der Waals surface area contributed by atoms with Crippen LogP contribution in [0.15, 0.2) is 95.2 Å². The Morgan fingerprint density at radius 1 is 0.613 bits per heavy atom. The van der Waals surface area contributed by atoms with E-state index in [2.05, 4.69) is 20.0 Å². The Bertz CT molecular complexity index is 987. The van der Waals surface area contributed by atoms with Gasteiger partial charge in [0.05, 0.1) is 13.1 Å². The number of hydrogen-bond acceptors (Lipinski definition) is 4. The van der Waals surface area contributed by atoms with Gasteiger partial charge in [0.2, 0.25) is 0 Å². The van der Waals surface area contributed by atoms with Crippen molar-refractivity contribution in [1.82, 2.24) is 9.97 Å². The molecule has 2 aromatic carbocycles. The smallest absolute Gasteiger partial charge is 0.872 e. The van der Waals surface area contributed by atoms with Crippen molar-refractivity contribution in [2.24, 2.45) is 9.98 Å². The van der Waals surface area contributed by atoms with Crippen molar-refractivity contribution in [3.63, 3.8) is 0 Å². The molecule has 4 aromatic rings. The fourth-order valence-corrected chi connectivity index (χ4v) is 2.59. The molecule has 0 saturated carbocycles. The number of H-pyrrole nitrogens is 2. The molecule has 0 amide bonds. The van der Waals surface area contributed by atoms with E-state index in [4.69, 9.17) is 0 Å². The van der Waals surface area contributed by atoms with Gasteiger partial charge >= 0.3 is 19.5 Å². The molecule has 0 atom stereocenters. The summed E-state index contributed by atoms with van der Waals surface area (Å²) in [5.74, 6) is 0.0143. The number of aromatic amines is 2. The minimum Gasteiger partial charge on any atom is -0.872 e. The van der Waals surface area contributed by atoms with Crippen LogP contribution >= 0.6 is 0 Å². The predicted molar refractivity (Wildman–Crippen MR) is 116 cm³/mol. The molecule has 0 aliphatic heterocycles. The third-order valence-electron chi connectivity index (χ3n) is 4.15. The Kier molecular flexibility index (Phi) is 9.98. The van der Waals surface area contributed by atoms with E-state index in [0.717, 1.165) is 11.4 Å². The van der Waals surface area contributed by atoms with Crippen LogP contribution in [-0.4, -0.2) is 22.4 Å². The maximum atomic E-state index is 11.3. The van der Waals surface area contributed by atoms with Gasteiger partial charge in [-0.05, 0) is 35.4 Å². The minimum atomic E-state index is 0. The molecule has 0 aliphatic carbocycles. The van der Waals surface area contributed by atoms with Crippen LogP contribution in [0.1, 0.15) is 22.5 Å². The molecule has 0 bridgehead atoms. The van der Waals surface area contributed by atoms with Gasteiger partial charge in [-0.25, -0.2) is 0 Å². The zero-order chi connectivity index (χ0) is 21.0. The molecule has 0 radical (unpaired) electrons. The second-order valence-electron chi connectivity index (χ2n) is 6.41. The normalized spacial score (nSPS) is 10.6. The number of nitrogens with zero attached hydrogens (tertiary/aromatic N) is 2. The average molecular weight is 464 g/mol. The summed E-state index contributed by atoms with van der Waals surface area (Å²) in [5, 5.41) is 22.6. The molecule has 0 aliphatic rings. The summed E-state index contributed by atoms with van der Waals surface area (Å²) in [6.07, 6.45) is 6.94. The van der Waals surface area contributed by atoms with E-state index in [1.807, 2.05) is 48.8 Å². The summed E-state index contributed by atoms with van der Waals surface area (Å²) in [6.45, 7) is 1.14. The molecule has 0 saturated heterocycles. The number of hydrogen-bond donors (Lipinski definition) is 2. The molecule has 152 valence electrons. The van der Waals surface area contributed by atoms with Gasteiger partial charge in [-0.1, -0.05) is 48.5 Å². The van der Waals surface area contributed by atoms with Gasteiger partial charge in [-0.15, -0.1) is 11.5 Å². The number of nitrogens with one attached hydrogen (secondary N) is 2. The number of benzene rings is 2. The maximum absolute atomic E-state index is 11.3. The Balaban J connectivity index is 0.000000213. The Hall–Kier alpha value is -3.44. The quantitative estimate of drug-likeness (QED) is 0.338. The summed E-state index contributed by atoms with van der Waals surface area (Å²) in [7, 11) is 0. The molecule has 31 heavy (non-hydrogen) atoms. The fraction of sp³-hybridized carbons (Fsp3) is 0.0833. The first-order valence-corrected chi connectivity index (χ1v) is 9.48. The van der Waals surface area contributed by atoms with E-state index >= 15 is 0 Å². The van der Waals surface area contributed by atoms with Crippen molar-refractivity contribution in [2.75, 3.05) is 0 Å². The summed E-state index contributed by atoms with van der Waals surface area (Å²) >= 11 is 0. The molecule has 7 heteroatoms. The van der Waals surface area contributed by atoms with E-state index in [0.29, 0.717) is 24.2 Å². The predicted octanol–water partition coefficient (Wildman–Crippen LogP) is 3.41. The number of aliphatic imine (C=N–C) groups is 2. The van der Waals surface area contributed by atoms with E-state index in [-0.39, 0.29) is 31.0 Å². The van der Waals surface area contributed by atoms with Gasteiger partial charge in [0.25, 0.3) is 0 Å². The average Bonchev–Trinajstić information content (AvgIpc) is 3.46. The summed E-state index contributed by atoms with van der Waals surface area (Å²) < 4.78 is 0. The summed E-state index contributed by atoms with van der Waals surface area (Å²) in [4.78, 5) is 14.5. The van der Waals surface area contributed by atoms with E-state index in [1.54, 1.807) is 36.7 Å². The summed E-state index contributed by atoms with van der Waals surface area (Å²) in [5.41, 5.74) is 3.33. The van der Waals surface area contributed by atoms with Crippen LogP contribution in [0.25, 0.3) is 0 Å². The molecule has 0 unspecified atom stereocenters. The topological polar surface area (TPSA) is 102 Å². The molecular weight excluding hydrogens is 442 g/mol. The van der Waals surface area contributed by atoms with Crippen LogP contribution in [0.4, 0.5) is 0 Å². The molecular formula is C24H22N4O2Zn. The minimum absolute atomic E-state index is 0. The SMILES string of the molecule is [O-]c1ccccc1C=NCc1ccc[nH]1.[O-]c1ccccc1C=NCc1ccc[nH]1.[Zn+2]. The molecule has 0 fully saturated rings. The van der Waals surface area contributed by atoms with Gasteiger partial charge in [-0.3, -0.25) is 9.98 Å². The van der Waals surface area contributed by atoms with Crippen molar-refractivity contribution in [1.29, 1.82) is 0 Å². The van der Waals surface area contributed by atoms with Crippen LogP contribution < -0.4 is 10.2 Å². The zero-order valence-electron chi connectivity index (χ0n) is 17.1. The van der Waals surface area contributed by atoms with Gasteiger partial charge in [-0.2, -0.15) is 0 Å². The van der Waals surface area contributed by atoms with Gasteiger partial charge in [0.1, 0.15) is 0 Å². The third-order valence-corrected chi connectivity index (χ3v) is 4.15. The first-order chi connectivity index (χ1) is 14.7. The Morgan fingerprint density at radius 3 is 1.39 bits per heavy atom. The summed E-state index contributed by atoms with van der Waals surface area (Å²) in [6, 6.07) is 21.5. The number of para-hydroxylation sites is 2. The van der Waals surface area contributed by atoms with Crippen LogP contribution in [0.5, 0.6) is 11.5 Å². The van der Waals surface area contributed by atoms with Crippen LogP contribution in [0, 0.1) is 0 Å². The van der Waals surface area contributed by atoms with Crippen molar-refractivity contribution in [2.45, 2.75) is 13.1 Å². The van der Waals surface area contributed by atoms with Gasteiger partial charge in [0, 0.05) is 36.2 Å². The van der Waals surface area contributed by atoms with Gasteiger partial charge < -0.3 is 20.2 Å². The van der Waals surface area contributed by atoms with Gasteiger partial charge in [0.15, 0.2) is 0 Å². The second-order valence-corrected chi connectivity index (χ2v) is 6.41. The molecule has 2 N–H and O–H groups in total. The molecule has 6 nitrogen and oxygen atoms in total. The van der Waals surface area contributed by atoms with Crippen molar-refractivity contribution < 1.29 is 29.7 Å². The van der Waals surface area contributed by atoms with Crippen molar-refractivity contribution in [3.05, 3.63) is 108 Å². The van der Waals surface area contributed by atoms with E-state index in [9.17, 15) is 10.2 Å². The van der Waals surface area contributed by atoms with Crippen molar-refractivity contribution >= 4 is 12.4 Å². The monoisotopic (exact) mass is 462 g/mol. The molecule has 0 spiro atoms. The zero-order valence-corrected chi connectivity index (χ0v) is 20.0. The van der Waals surface area contributed by atoms with Crippen LogP contribution in [-0.2, 0) is 32.6 Å². The maximum Gasteiger partial charge on any atom is 2.00 e. The third kappa shape index (κ3) is 8.07. The Morgan fingerprint density at radius 2 is 1.03 bits per heavy atom. The first kappa shape index (κ1) is 23.8. The molecule has 2 aromatic heterocycles. The van der Waals surface area contributed by atoms with Crippen LogP contribution in [0.3, 0.4) is 0 Å². The van der Waals surface area contributed by atoms with Crippen LogP contribution in [0.2, 0.25) is 0 Å². The second kappa shape index (κ2) is 13.0. The largest absolute Gasteiger partial charge is 2.00 e.